The fraction of sp³-hybridized carbons (Fsp3) is 0.231. The van der Waals surface area contributed by atoms with Crippen molar-refractivity contribution < 1.29 is 0 Å². The largest absolute Gasteiger partial charge is 0.122 e. The molecule has 0 aromatic heterocycles. The fourth-order valence-corrected chi connectivity index (χ4v) is 3.13. The molecule has 0 spiro atoms. The van der Waals surface area contributed by atoms with E-state index in [-0.39, 0.29) is 0 Å². The summed E-state index contributed by atoms with van der Waals surface area (Å²) in [6, 6.07) is 8.66. The number of allylic oxidation sites excluding steroid dienone is 3. The topological polar surface area (TPSA) is 0 Å². The van der Waals surface area contributed by atoms with Crippen molar-refractivity contribution in [1.82, 2.24) is 0 Å². The predicted molar refractivity (Wildman–Crippen MR) is 63.8 cm³/mol. The number of benzene rings is 1. The third-order valence-corrected chi connectivity index (χ3v) is 3.84. The zero-order chi connectivity index (χ0) is 9.97. The Labute approximate surface area is 89.7 Å². The van der Waals surface area contributed by atoms with Crippen LogP contribution in [0, 0.1) is 0 Å². The second-order valence-corrected chi connectivity index (χ2v) is 4.93. The van der Waals surface area contributed by atoms with E-state index in [9.17, 15) is 0 Å². The molecule has 1 heteroatoms. The number of thioether (sulfide) groups is 1. The molecule has 0 nitrogen and oxygen atoms in total. The van der Waals surface area contributed by atoms with E-state index in [1.165, 1.54) is 10.5 Å². The van der Waals surface area contributed by atoms with E-state index in [1.807, 2.05) is 23.9 Å². The maximum atomic E-state index is 3.71. The molecule has 0 radical (unpaired) electrons. The van der Waals surface area contributed by atoms with Crippen LogP contribution < -0.4 is 0 Å². The zero-order valence-electron chi connectivity index (χ0n) is 8.31. The summed E-state index contributed by atoms with van der Waals surface area (Å²) in [4.78, 5) is 1.43. The van der Waals surface area contributed by atoms with Gasteiger partial charge in [0.05, 0.1) is 0 Å². The quantitative estimate of drug-likeness (QED) is 0.653. The Balaban J connectivity index is 2.34. The second-order valence-electron chi connectivity index (χ2n) is 3.51. The average Bonchev–Trinajstić information content (AvgIpc) is 2.51. The Hall–Kier alpha value is -0.950. The molecule has 2 atom stereocenters. The summed E-state index contributed by atoms with van der Waals surface area (Å²) in [5.74, 6) is 0.550. The van der Waals surface area contributed by atoms with Crippen LogP contribution in [0.1, 0.15) is 18.4 Å². The van der Waals surface area contributed by atoms with Crippen LogP contribution >= 0.6 is 11.8 Å². The third kappa shape index (κ3) is 1.64. The van der Waals surface area contributed by atoms with Crippen LogP contribution in [-0.2, 0) is 0 Å². The first kappa shape index (κ1) is 9.60. The lowest BCUT2D eigenvalue weighted by atomic mass is 9.96. The van der Waals surface area contributed by atoms with Crippen molar-refractivity contribution in [3.8, 4) is 0 Å². The molecule has 0 amide bonds. The molecule has 2 unspecified atom stereocenters. The third-order valence-electron chi connectivity index (χ3n) is 2.55. The van der Waals surface area contributed by atoms with Crippen molar-refractivity contribution in [3.05, 3.63) is 54.6 Å². The van der Waals surface area contributed by atoms with Gasteiger partial charge < -0.3 is 0 Å². The van der Waals surface area contributed by atoms with Crippen LogP contribution in [-0.4, -0.2) is 5.25 Å². The molecule has 0 fully saturated rings. The van der Waals surface area contributed by atoms with E-state index >= 15 is 0 Å². The second kappa shape index (κ2) is 4.05. The number of rotatable bonds is 2. The van der Waals surface area contributed by atoms with Crippen LogP contribution in [0.5, 0.6) is 0 Å². The molecule has 0 N–H and O–H groups in total. The van der Waals surface area contributed by atoms with Gasteiger partial charge in [0, 0.05) is 16.1 Å². The molecular weight excluding hydrogens is 188 g/mol. The van der Waals surface area contributed by atoms with Crippen LogP contribution in [0.4, 0.5) is 0 Å². The summed E-state index contributed by atoms with van der Waals surface area (Å²) < 4.78 is 0. The minimum Gasteiger partial charge on any atom is -0.122 e. The highest BCUT2D eigenvalue weighted by atomic mass is 32.2. The molecule has 0 saturated carbocycles. The van der Waals surface area contributed by atoms with Gasteiger partial charge in [-0.15, -0.1) is 11.8 Å². The maximum Gasteiger partial charge on any atom is 0.0170 e. The Bertz CT molecular complexity index is 365. The van der Waals surface area contributed by atoms with Crippen LogP contribution in [0.25, 0.3) is 0 Å². The molecule has 1 aliphatic rings. The van der Waals surface area contributed by atoms with E-state index in [0.717, 1.165) is 0 Å². The Morgan fingerprint density at radius 1 is 1.36 bits per heavy atom. The molecule has 0 saturated heterocycles. The van der Waals surface area contributed by atoms with E-state index < -0.39 is 0 Å². The van der Waals surface area contributed by atoms with Gasteiger partial charge in [-0.25, -0.2) is 0 Å². The predicted octanol–water partition coefficient (Wildman–Crippen LogP) is 4.01. The summed E-state index contributed by atoms with van der Waals surface area (Å²) in [6.45, 7) is 5.99. The van der Waals surface area contributed by atoms with Gasteiger partial charge >= 0.3 is 0 Å². The highest BCUT2D eigenvalue weighted by molar-refractivity contribution is 8.00. The summed E-state index contributed by atoms with van der Waals surface area (Å²) in [7, 11) is 0. The maximum absolute atomic E-state index is 3.71. The van der Waals surface area contributed by atoms with E-state index in [4.69, 9.17) is 0 Å². The van der Waals surface area contributed by atoms with E-state index in [1.54, 1.807) is 0 Å². The lowest BCUT2D eigenvalue weighted by molar-refractivity contribution is 0.837. The lowest BCUT2D eigenvalue weighted by Gasteiger charge is -2.09. The van der Waals surface area contributed by atoms with Crippen molar-refractivity contribution in [2.45, 2.75) is 23.0 Å². The van der Waals surface area contributed by atoms with Gasteiger partial charge in [-0.05, 0) is 11.6 Å². The monoisotopic (exact) mass is 202 g/mol. The molecule has 72 valence electrons. The van der Waals surface area contributed by atoms with Gasteiger partial charge in [0.25, 0.3) is 0 Å². The first-order valence-corrected chi connectivity index (χ1v) is 5.75. The average molecular weight is 202 g/mol. The molecule has 1 heterocycles. The van der Waals surface area contributed by atoms with Gasteiger partial charge in [-0.2, -0.15) is 0 Å². The smallest absolute Gasteiger partial charge is 0.0170 e. The molecular formula is C13H14S. The normalized spacial score (nSPS) is 25.2. The van der Waals surface area contributed by atoms with E-state index in [2.05, 4.69) is 43.8 Å². The zero-order valence-corrected chi connectivity index (χ0v) is 9.13. The van der Waals surface area contributed by atoms with E-state index in [0.29, 0.717) is 11.2 Å². The summed E-state index contributed by atoms with van der Waals surface area (Å²) in [5.41, 5.74) is 1.46. The Morgan fingerprint density at radius 3 is 2.93 bits per heavy atom. The highest BCUT2D eigenvalue weighted by Crippen LogP contribution is 2.45. The number of hydrogen-bond acceptors (Lipinski definition) is 1. The molecule has 1 aromatic carbocycles. The first-order chi connectivity index (χ1) is 6.83. The van der Waals surface area contributed by atoms with Gasteiger partial charge in [-0.1, -0.05) is 49.9 Å². The van der Waals surface area contributed by atoms with Crippen molar-refractivity contribution in [3.63, 3.8) is 0 Å². The molecule has 1 aliphatic heterocycles. The lowest BCUT2D eigenvalue weighted by Crippen LogP contribution is -2.01. The van der Waals surface area contributed by atoms with Crippen molar-refractivity contribution >= 4 is 11.8 Å². The Morgan fingerprint density at radius 2 is 2.14 bits per heavy atom. The van der Waals surface area contributed by atoms with Gasteiger partial charge in [0.2, 0.25) is 0 Å². The standard InChI is InChI=1S/C13H14S/c1-3-4-7-11-10(2)14-13-9-6-5-8-12(11)13/h3-11H,1H2,2H3/b7-4-. The highest BCUT2D eigenvalue weighted by Gasteiger charge is 2.27. The molecule has 2 rings (SSSR count). The fourth-order valence-electron chi connectivity index (χ4n) is 1.85. The minimum absolute atomic E-state index is 0.550. The molecule has 0 aliphatic carbocycles. The minimum atomic E-state index is 0.550. The molecule has 1 aromatic rings. The van der Waals surface area contributed by atoms with Gasteiger partial charge in [-0.3, -0.25) is 0 Å². The number of hydrogen-bond donors (Lipinski definition) is 0. The van der Waals surface area contributed by atoms with Crippen molar-refractivity contribution in [2.75, 3.05) is 0 Å². The van der Waals surface area contributed by atoms with Crippen molar-refractivity contribution in [2.24, 2.45) is 0 Å². The van der Waals surface area contributed by atoms with Crippen LogP contribution in [0.15, 0.2) is 54.0 Å². The van der Waals surface area contributed by atoms with Gasteiger partial charge in [0.15, 0.2) is 0 Å². The van der Waals surface area contributed by atoms with Crippen LogP contribution in [0.3, 0.4) is 0 Å². The molecule has 14 heavy (non-hydrogen) atoms. The first-order valence-electron chi connectivity index (χ1n) is 4.87. The molecule has 0 bridgehead atoms. The summed E-state index contributed by atoms with van der Waals surface area (Å²) in [5, 5.41) is 0.642. The summed E-state index contributed by atoms with van der Waals surface area (Å²) in [6.07, 6.45) is 6.14. The SMILES string of the molecule is C=C/C=C\C1c2ccccc2SC1C. The van der Waals surface area contributed by atoms with Crippen molar-refractivity contribution in [1.29, 1.82) is 0 Å². The summed E-state index contributed by atoms with van der Waals surface area (Å²) >= 11 is 1.96. The Kier molecular flexibility index (Phi) is 2.78. The number of fused-ring (bicyclic) bond motifs is 1. The van der Waals surface area contributed by atoms with Crippen LogP contribution in [0.2, 0.25) is 0 Å². The van der Waals surface area contributed by atoms with Gasteiger partial charge in [0.1, 0.15) is 0 Å².